The van der Waals surface area contributed by atoms with Gasteiger partial charge in [-0.3, -0.25) is 0 Å². The standard InChI is InChI=1S/C13H19N3/c1-15-8-12(9-15)16-6-2-3-10-4-5-11(14)7-13(10)16/h4-5,7,12H,2-3,6,8-9,14H2,1H3. The number of benzene rings is 1. The highest BCUT2D eigenvalue weighted by Crippen LogP contribution is 2.32. The fourth-order valence-corrected chi connectivity index (χ4v) is 2.86. The van der Waals surface area contributed by atoms with E-state index in [2.05, 4.69) is 29.0 Å². The highest BCUT2D eigenvalue weighted by molar-refractivity contribution is 5.63. The van der Waals surface area contributed by atoms with Gasteiger partial charge in [0.2, 0.25) is 0 Å². The van der Waals surface area contributed by atoms with Crippen molar-refractivity contribution < 1.29 is 0 Å². The first kappa shape index (κ1) is 9.97. The van der Waals surface area contributed by atoms with Crippen LogP contribution in [0.5, 0.6) is 0 Å². The molecule has 0 bridgehead atoms. The van der Waals surface area contributed by atoms with E-state index in [1.165, 1.54) is 43.7 Å². The summed E-state index contributed by atoms with van der Waals surface area (Å²) in [7, 11) is 2.18. The molecule has 2 aliphatic rings. The molecule has 0 radical (unpaired) electrons. The fraction of sp³-hybridized carbons (Fsp3) is 0.538. The van der Waals surface area contributed by atoms with Gasteiger partial charge in [-0.2, -0.15) is 0 Å². The van der Waals surface area contributed by atoms with Gasteiger partial charge < -0.3 is 15.5 Å². The molecule has 0 saturated carbocycles. The van der Waals surface area contributed by atoms with Crippen molar-refractivity contribution in [2.45, 2.75) is 18.9 Å². The second-order valence-electron chi connectivity index (χ2n) is 5.06. The van der Waals surface area contributed by atoms with Crippen molar-refractivity contribution in [2.75, 3.05) is 37.3 Å². The van der Waals surface area contributed by atoms with Crippen molar-refractivity contribution in [3.05, 3.63) is 23.8 Å². The Balaban J connectivity index is 1.90. The van der Waals surface area contributed by atoms with Gasteiger partial charge in [0, 0.05) is 31.0 Å². The van der Waals surface area contributed by atoms with E-state index in [9.17, 15) is 0 Å². The van der Waals surface area contributed by atoms with E-state index in [4.69, 9.17) is 5.73 Å². The molecule has 0 aliphatic carbocycles. The van der Waals surface area contributed by atoms with Crippen LogP contribution in [-0.4, -0.2) is 37.6 Å². The van der Waals surface area contributed by atoms with Crippen LogP contribution in [0.15, 0.2) is 18.2 Å². The normalized spacial score (nSPS) is 21.7. The number of hydrogen-bond donors (Lipinski definition) is 1. The molecule has 2 N–H and O–H groups in total. The molecule has 1 saturated heterocycles. The average molecular weight is 217 g/mol. The number of nitrogens with two attached hydrogens (primary N) is 1. The molecule has 3 heteroatoms. The summed E-state index contributed by atoms with van der Waals surface area (Å²) in [6, 6.07) is 7.06. The Morgan fingerprint density at radius 1 is 1.31 bits per heavy atom. The van der Waals surface area contributed by atoms with Crippen LogP contribution >= 0.6 is 0 Å². The van der Waals surface area contributed by atoms with Gasteiger partial charge in [-0.15, -0.1) is 0 Å². The summed E-state index contributed by atoms with van der Waals surface area (Å²) >= 11 is 0. The molecule has 2 heterocycles. The molecule has 2 aliphatic heterocycles. The number of rotatable bonds is 1. The van der Waals surface area contributed by atoms with Crippen LogP contribution in [0.3, 0.4) is 0 Å². The number of likely N-dealkylation sites (N-methyl/N-ethyl adjacent to an activating group) is 1. The molecule has 1 aromatic carbocycles. The Labute approximate surface area is 96.8 Å². The van der Waals surface area contributed by atoms with Gasteiger partial charge in [-0.05, 0) is 37.6 Å². The average Bonchev–Trinajstić information content (AvgIpc) is 2.24. The molecule has 3 nitrogen and oxygen atoms in total. The second-order valence-corrected chi connectivity index (χ2v) is 5.06. The summed E-state index contributed by atoms with van der Waals surface area (Å²) in [5.41, 5.74) is 9.63. The predicted octanol–water partition coefficient (Wildman–Crippen LogP) is 1.34. The number of hydrogen-bond acceptors (Lipinski definition) is 3. The van der Waals surface area contributed by atoms with Gasteiger partial charge in [0.15, 0.2) is 0 Å². The first-order valence-corrected chi connectivity index (χ1v) is 6.07. The minimum Gasteiger partial charge on any atom is -0.399 e. The molecular weight excluding hydrogens is 198 g/mol. The zero-order chi connectivity index (χ0) is 11.1. The van der Waals surface area contributed by atoms with Gasteiger partial charge in [-0.1, -0.05) is 6.07 Å². The minimum atomic E-state index is 0.700. The van der Waals surface area contributed by atoms with Crippen LogP contribution < -0.4 is 10.6 Å². The van der Waals surface area contributed by atoms with Gasteiger partial charge >= 0.3 is 0 Å². The lowest BCUT2D eigenvalue weighted by molar-refractivity contribution is 0.181. The zero-order valence-electron chi connectivity index (χ0n) is 9.82. The third-order valence-corrected chi connectivity index (χ3v) is 3.75. The number of nitrogen functional groups attached to an aromatic ring is 1. The largest absolute Gasteiger partial charge is 0.399 e. The van der Waals surface area contributed by atoms with Crippen LogP contribution in [0.25, 0.3) is 0 Å². The summed E-state index contributed by atoms with van der Waals surface area (Å²) < 4.78 is 0. The smallest absolute Gasteiger partial charge is 0.0543 e. The quantitative estimate of drug-likeness (QED) is 0.720. The highest BCUT2D eigenvalue weighted by atomic mass is 15.3. The van der Waals surface area contributed by atoms with E-state index < -0.39 is 0 Å². The van der Waals surface area contributed by atoms with Crippen molar-refractivity contribution in [3.63, 3.8) is 0 Å². The topological polar surface area (TPSA) is 32.5 Å². The monoisotopic (exact) mass is 217 g/mol. The van der Waals surface area contributed by atoms with Crippen LogP contribution in [0.4, 0.5) is 11.4 Å². The van der Waals surface area contributed by atoms with Gasteiger partial charge in [0.1, 0.15) is 0 Å². The maximum absolute atomic E-state index is 5.89. The second kappa shape index (κ2) is 3.67. The van der Waals surface area contributed by atoms with E-state index in [0.29, 0.717) is 6.04 Å². The van der Waals surface area contributed by atoms with Crippen molar-refractivity contribution in [2.24, 2.45) is 0 Å². The molecule has 16 heavy (non-hydrogen) atoms. The van der Waals surface area contributed by atoms with Crippen LogP contribution in [0.1, 0.15) is 12.0 Å². The summed E-state index contributed by atoms with van der Waals surface area (Å²) in [6.07, 6.45) is 2.48. The fourth-order valence-electron chi connectivity index (χ4n) is 2.86. The molecular formula is C13H19N3. The first-order chi connectivity index (χ1) is 7.74. The molecule has 0 aromatic heterocycles. The van der Waals surface area contributed by atoms with Crippen LogP contribution in [0.2, 0.25) is 0 Å². The van der Waals surface area contributed by atoms with Crippen LogP contribution in [-0.2, 0) is 6.42 Å². The van der Waals surface area contributed by atoms with Crippen molar-refractivity contribution in [1.82, 2.24) is 4.90 Å². The molecule has 0 unspecified atom stereocenters. The Hall–Kier alpha value is -1.22. The van der Waals surface area contributed by atoms with E-state index in [1.54, 1.807) is 0 Å². The van der Waals surface area contributed by atoms with Gasteiger partial charge in [0.05, 0.1) is 6.04 Å². The number of anilines is 2. The summed E-state index contributed by atoms with van der Waals surface area (Å²) in [6.45, 7) is 3.57. The number of nitrogens with zero attached hydrogens (tertiary/aromatic N) is 2. The van der Waals surface area contributed by atoms with Crippen LogP contribution in [0, 0.1) is 0 Å². The summed E-state index contributed by atoms with van der Waals surface area (Å²) in [4.78, 5) is 4.92. The maximum Gasteiger partial charge on any atom is 0.0543 e. The van der Waals surface area contributed by atoms with Gasteiger partial charge in [0.25, 0.3) is 0 Å². The Morgan fingerprint density at radius 2 is 2.12 bits per heavy atom. The Bertz CT molecular complexity index is 396. The van der Waals surface area contributed by atoms with Crippen molar-refractivity contribution >= 4 is 11.4 Å². The molecule has 86 valence electrons. The lowest BCUT2D eigenvalue weighted by Gasteiger charge is -2.47. The molecule has 0 atom stereocenters. The van der Waals surface area contributed by atoms with Crippen molar-refractivity contribution in [3.8, 4) is 0 Å². The van der Waals surface area contributed by atoms with Gasteiger partial charge in [-0.25, -0.2) is 0 Å². The van der Waals surface area contributed by atoms with Crippen molar-refractivity contribution in [1.29, 1.82) is 0 Å². The lowest BCUT2D eigenvalue weighted by Crippen LogP contribution is -2.59. The minimum absolute atomic E-state index is 0.700. The number of fused-ring (bicyclic) bond motifs is 1. The third-order valence-electron chi connectivity index (χ3n) is 3.75. The maximum atomic E-state index is 5.89. The van der Waals surface area contributed by atoms with E-state index >= 15 is 0 Å². The summed E-state index contributed by atoms with van der Waals surface area (Å²) in [5, 5.41) is 0. The molecule has 0 amide bonds. The number of aryl methyl sites for hydroxylation is 1. The zero-order valence-corrected chi connectivity index (χ0v) is 9.82. The first-order valence-electron chi connectivity index (χ1n) is 6.07. The Morgan fingerprint density at radius 3 is 2.88 bits per heavy atom. The molecule has 0 spiro atoms. The van der Waals surface area contributed by atoms with E-state index in [1.807, 2.05) is 6.07 Å². The number of likely N-dealkylation sites (tertiary alicyclic amines) is 1. The molecule has 3 rings (SSSR count). The lowest BCUT2D eigenvalue weighted by atomic mass is 9.97. The Kier molecular flexibility index (Phi) is 2.28. The predicted molar refractivity (Wildman–Crippen MR) is 67.8 cm³/mol. The van der Waals surface area contributed by atoms with E-state index in [0.717, 1.165) is 5.69 Å². The molecule has 1 fully saturated rings. The third kappa shape index (κ3) is 1.55. The highest BCUT2D eigenvalue weighted by Gasteiger charge is 2.31. The SMILES string of the molecule is CN1CC(N2CCCc3ccc(N)cc32)C1. The van der Waals surface area contributed by atoms with E-state index in [-0.39, 0.29) is 0 Å². The molecule has 1 aromatic rings. The summed E-state index contributed by atoms with van der Waals surface area (Å²) in [5.74, 6) is 0.